The van der Waals surface area contributed by atoms with Crippen LogP contribution in [0.5, 0.6) is 0 Å². The highest BCUT2D eigenvalue weighted by Gasteiger charge is 2.31. The van der Waals surface area contributed by atoms with Crippen molar-refractivity contribution in [2.24, 2.45) is 30.7 Å². The molecule has 2 aliphatic carbocycles. The lowest BCUT2D eigenvalue weighted by molar-refractivity contribution is -0.135. The number of carbonyl (C=O) groups is 2. The number of anilines is 1. The first kappa shape index (κ1) is 50.7. The molecule has 3 aromatic heterocycles. The lowest BCUT2D eigenvalue weighted by Crippen LogP contribution is -2.44. The molecule has 1 saturated carbocycles. The molecule has 4 aromatic rings. The number of aliphatic hydroxyl groups excluding tert-OH is 1. The van der Waals surface area contributed by atoms with E-state index in [1.165, 1.54) is 99.8 Å². The number of allylic oxidation sites excluding steroid dienone is 4. The Balaban J connectivity index is 0.000000842. The summed E-state index contributed by atoms with van der Waals surface area (Å²) in [6.07, 6.45) is 30.6. The summed E-state index contributed by atoms with van der Waals surface area (Å²) in [4.78, 5) is 55.4. The van der Waals surface area contributed by atoms with Gasteiger partial charge in [-0.25, -0.2) is 9.78 Å². The van der Waals surface area contributed by atoms with Gasteiger partial charge in [0.25, 0.3) is 0 Å². The number of fused-ring (bicyclic) bond motifs is 2. The number of aliphatic hydroxyl groups is 1. The lowest BCUT2D eigenvalue weighted by atomic mass is 9.82. The smallest absolute Gasteiger partial charge is 0.329 e. The highest BCUT2D eigenvalue weighted by Crippen LogP contribution is 2.34. The first-order valence-corrected chi connectivity index (χ1v) is 26.9. The molecule has 3 saturated heterocycles. The number of rotatable bonds is 19. The van der Waals surface area contributed by atoms with Gasteiger partial charge in [0.2, 0.25) is 17.8 Å². The lowest BCUT2D eigenvalue weighted by Gasteiger charge is -2.38. The molecule has 14 heteroatoms. The molecule has 4 fully saturated rings. The normalized spacial score (nSPS) is 21.5. The number of aryl methyl sites for hydroxylation is 2. The van der Waals surface area contributed by atoms with Gasteiger partial charge in [-0.05, 0) is 150 Å². The Labute approximate surface area is 409 Å². The average Bonchev–Trinajstić information content (AvgIpc) is 3.90. The second kappa shape index (κ2) is 25.0. The van der Waals surface area contributed by atoms with Crippen molar-refractivity contribution in [2.75, 3.05) is 64.3 Å². The van der Waals surface area contributed by atoms with Crippen LogP contribution in [0.3, 0.4) is 0 Å². The Kier molecular flexibility index (Phi) is 18.4. The van der Waals surface area contributed by atoms with Crippen LogP contribution >= 0.6 is 0 Å². The molecule has 14 nitrogen and oxygen atoms in total. The van der Waals surface area contributed by atoms with Crippen LogP contribution in [0.4, 0.5) is 5.95 Å². The summed E-state index contributed by atoms with van der Waals surface area (Å²) in [6.45, 7) is 14.1. The molecule has 9 rings (SSSR count). The molecule has 376 valence electrons. The molecule has 5 aliphatic rings. The molecule has 0 spiro atoms. The van der Waals surface area contributed by atoms with Crippen LogP contribution in [0.2, 0.25) is 0 Å². The van der Waals surface area contributed by atoms with Crippen LogP contribution in [-0.4, -0.2) is 116 Å². The van der Waals surface area contributed by atoms with Gasteiger partial charge in [-0.15, -0.1) is 0 Å². The monoisotopic (exact) mass is 948 g/mol. The Morgan fingerprint density at radius 2 is 1.65 bits per heavy atom. The zero-order valence-corrected chi connectivity index (χ0v) is 41.9. The molecule has 3 aliphatic heterocycles. The predicted molar refractivity (Wildman–Crippen MR) is 276 cm³/mol. The summed E-state index contributed by atoms with van der Waals surface area (Å²) in [5.41, 5.74) is 5.81. The topological polar surface area (TPSA) is 163 Å². The van der Waals surface area contributed by atoms with Crippen molar-refractivity contribution in [1.82, 2.24) is 39.2 Å². The van der Waals surface area contributed by atoms with Crippen molar-refractivity contribution < 1.29 is 19.4 Å². The second-order valence-electron chi connectivity index (χ2n) is 20.9. The Bertz CT molecular complexity index is 2410. The fourth-order valence-electron chi connectivity index (χ4n) is 11.4. The van der Waals surface area contributed by atoms with Crippen molar-refractivity contribution in [3.05, 3.63) is 70.4 Å². The predicted octanol–water partition coefficient (Wildman–Crippen LogP) is 8.56. The number of benzene rings is 1. The fraction of sp³-hybridized carbons (Fsp3) is 0.655. The van der Waals surface area contributed by atoms with Gasteiger partial charge in [-0.3, -0.25) is 24.0 Å². The molecule has 69 heavy (non-hydrogen) atoms. The van der Waals surface area contributed by atoms with E-state index in [1.54, 1.807) is 11.6 Å². The number of imidazole rings is 1. The summed E-state index contributed by atoms with van der Waals surface area (Å²) in [5, 5.41) is 15.8. The summed E-state index contributed by atoms with van der Waals surface area (Å²) < 4.78 is 9.16. The number of H-pyrrole nitrogens is 1. The number of likely N-dealkylation sites (tertiary alicyclic amines) is 2. The van der Waals surface area contributed by atoms with Gasteiger partial charge in [0, 0.05) is 69.7 Å². The number of nitrogens with zero attached hydrogens (tertiary/aromatic N) is 6. The van der Waals surface area contributed by atoms with Gasteiger partial charge in [0.15, 0.2) is 0 Å². The van der Waals surface area contributed by atoms with Crippen molar-refractivity contribution in [3.63, 3.8) is 0 Å². The average molecular weight is 948 g/mol. The summed E-state index contributed by atoms with van der Waals surface area (Å²) in [5.74, 6) is 2.92. The SMILES string of the molecule is CCC(CC)CNc1ncc2c(C3=CCC(CC4CCN(CC5CCN(CCCOCCCc6ccc7c(c6)n(C)c(=O)n7C6CCC(=O)NC6=O)CC5)CC4)C=C3)c[nH]c2n1.OC1CCCCC1. The molecule has 4 N–H and O–H groups in total. The van der Waals surface area contributed by atoms with Crippen molar-refractivity contribution in [1.29, 1.82) is 0 Å². The standard InChI is InChI=1S/C49H69N9O4.C6H12O/c1-4-34(5-2)30-51-48-52-32-41-40(31-50-46(41)54-48)39-12-9-36(10-13-39)28-37-17-24-57(25-18-37)33-38-19-22-56(23-20-38)21-7-27-62-26-6-8-35-11-14-42-44(29-35)55(3)49(61)58(42)43-15-16-45(59)53-47(43)60;7-6-4-2-1-3-5-6/h9,11-14,29,31-32,34,36-38,43H,4-8,10,15-28,30,33H2,1-3H3,(H,53,59,60)(H2,50,51,52,54);6-7H,1-5H2. The summed E-state index contributed by atoms with van der Waals surface area (Å²) in [6, 6.07) is 5.34. The number of aromatic amines is 1. The number of aromatic nitrogens is 5. The molecular weight excluding hydrogens is 867 g/mol. The van der Waals surface area contributed by atoms with E-state index in [0.29, 0.717) is 30.8 Å². The molecule has 0 bridgehead atoms. The number of piperidine rings is 3. The van der Waals surface area contributed by atoms with Gasteiger partial charge in [0.1, 0.15) is 11.7 Å². The van der Waals surface area contributed by atoms with E-state index in [-0.39, 0.29) is 24.1 Å². The van der Waals surface area contributed by atoms with Gasteiger partial charge in [0.05, 0.1) is 17.1 Å². The number of carbonyl (C=O) groups excluding carboxylic acids is 2. The zero-order valence-electron chi connectivity index (χ0n) is 41.9. The number of nitrogens with one attached hydrogen (secondary N) is 3. The van der Waals surface area contributed by atoms with Crippen LogP contribution in [0.1, 0.15) is 140 Å². The van der Waals surface area contributed by atoms with Gasteiger partial charge in [-0.1, -0.05) is 70.2 Å². The largest absolute Gasteiger partial charge is 0.393 e. The zero-order chi connectivity index (χ0) is 48.1. The number of imide groups is 1. The molecule has 2 amide bonds. The Morgan fingerprint density at radius 3 is 2.36 bits per heavy atom. The van der Waals surface area contributed by atoms with Crippen molar-refractivity contribution in [2.45, 2.75) is 142 Å². The van der Waals surface area contributed by atoms with Gasteiger partial charge >= 0.3 is 5.69 Å². The highest BCUT2D eigenvalue weighted by molar-refractivity contribution is 6.00. The number of ether oxygens (including phenoxy) is 1. The van der Waals surface area contributed by atoms with Crippen LogP contribution < -0.4 is 16.3 Å². The van der Waals surface area contributed by atoms with E-state index in [4.69, 9.17) is 14.8 Å². The minimum atomic E-state index is -0.663. The Hall–Kier alpha value is -4.63. The number of hydrogen-bond donors (Lipinski definition) is 4. The molecule has 6 heterocycles. The number of hydrogen-bond acceptors (Lipinski definition) is 10. The highest BCUT2D eigenvalue weighted by atomic mass is 16.5. The summed E-state index contributed by atoms with van der Waals surface area (Å²) in [7, 11) is 1.74. The molecule has 1 aromatic carbocycles. The van der Waals surface area contributed by atoms with E-state index >= 15 is 0 Å². The molecule has 2 atom stereocenters. The maximum Gasteiger partial charge on any atom is 0.329 e. The van der Waals surface area contributed by atoms with Gasteiger partial charge < -0.3 is 29.9 Å². The maximum absolute atomic E-state index is 13.1. The first-order chi connectivity index (χ1) is 33.6. The quantitative estimate of drug-likeness (QED) is 0.0530. The Morgan fingerprint density at radius 1 is 0.899 bits per heavy atom. The second-order valence-corrected chi connectivity index (χ2v) is 20.9. The minimum Gasteiger partial charge on any atom is -0.393 e. The molecule has 2 unspecified atom stereocenters. The van der Waals surface area contributed by atoms with Crippen LogP contribution in [0, 0.1) is 23.7 Å². The maximum atomic E-state index is 13.1. The van der Waals surface area contributed by atoms with E-state index in [9.17, 15) is 14.4 Å². The van der Waals surface area contributed by atoms with Crippen LogP contribution in [-0.2, 0) is 27.8 Å². The van der Waals surface area contributed by atoms with Crippen molar-refractivity contribution in [3.8, 4) is 0 Å². The van der Waals surface area contributed by atoms with Crippen LogP contribution in [0.15, 0.2) is 53.6 Å². The molecular formula is C55H81N9O5. The number of amides is 2. The van der Waals surface area contributed by atoms with Crippen LogP contribution in [0.25, 0.3) is 27.6 Å². The summed E-state index contributed by atoms with van der Waals surface area (Å²) >= 11 is 0. The third-order valence-corrected chi connectivity index (χ3v) is 16.0. The van der Waals surface area contributed by atoms with E-state index < -0.39 is 11.9 Å². The third-order valence-electron chi connectivity index (χ3n) is 16.0. The molecule has 0 radical (unpaired) electrons. The minimum absolute atomic E-state index is 0.0359. The van der Waals surface area contributed by atoms with E-state index in [0.717, 1.165) is 111 Å². The first-order valence-electron chi connectivity index (χ1n) is 26.9. The van der Waals surface area contributed by atoms with Gasteiger partial charge in [-0.2, -0.15) is 4.98 Å². The van der Waals surface area contributed by atoms with Crippen molar-refractivity contribution >= 4 is 45.4 Å². The third kappa shape index (κ3) is 13.6. The van der Waals surface area contributed by atoms with E-state index in [2.05, 4.69) is 68.7 Å². The van der Waals surface area contributed by atoms with E-state index in [1.807, 2.05) is 24.4 Å². The fourth-order valence-corrected chi connectivity index (χ4v) is 11.4.